The standard InChI is InChI=1S/C10H11N2OS/c11-10-3-1-9(2-4-10)7-12-5-6-14(13)8-12/h1-6,8H,7,11H2/q-1. The molecule has 0 aromatic heterocycles. The summed E-state index contributed by atoms with van der Waals surface area (Å²) in [6.45, 7) is 0.739. The van der Waals surface area contributed by atoms with Gasteiger partial charge in [-0.3, -0.25) is 0 Å². The Kier molecular flexibility index (Phi) is 2.45. The Bertz CT molecular complexity index is 384. The first kappa shape index (κ1) is 9.15. The molecule has 14 heavy (non-hydrogen) atoms. The molecule has 4 heteroatoms. The second-order valence-corrected chi connectivity index (χ2v) is 4.27. The highest BCUT2D eigenvalue weighted by Crippen LogP contribution is 2.10. The van der Waals surface area contributed by atoms with Crippen molar-refractivity contribution in [1.82, 2.24) is 0 Å². The van der Waals surface area contributed by atoms with E-state index in [9.17, 15) is 4.21 Å². The first-order chi connectivity index (χ1) is 6.74. The van der Waals surface area contributed by atoms with Crippen LogP contribution in [0.5, 0.6) is 0 Å². The lowest BCUT2D eigenvalue weighted by Crippen LogP contribution is -2.05. The minimum absolute atomic E-state index is 0.739. The SMILES string of the molecule is Nc1ccc(C[N+]2=C[CH-]S(=O)[CH-]2)cc1. The van der Waals surface area contributed by atoms with E-state index in [1.165, 1.54) is 0 Å². The number of hydrogen-bond acceptors (Lipinski definition) is 2. The first-order valence-corrected chi connectivity index (χ1v) is 5.54. The molecule has 1 aliphatic heterocycles. The maximum atomic E-state index is 11.0. The van der Waals surface area contributed by atoms with Crippen LogP contribution in [0.15, 0.2) is 24.3 Å². The molecule has 1 aromatic rings. The molecule has 0 amide bonds. The molecule has 1 aromatic carbocycles. The summed E-state index contributed by atoms with van der Waals surface area (Å²) >= 11 is 0. The van der Waals surface area contributed by atoms with Gasteiger partial charge in [-0.2, -0.15) is 0 Å². The van der Waals surface area contributed by atoms with Crippen LogP contribution in [-0.2, 0) is 17.3 Å². The molecule has 0 spiro atoms. The summed E-state index contributed by atoms with van der Waals surface area (Å²) in [5.74, 6) is 3.35. The van der Waals surface area contributed by atoms with Crippen molar-refractivity contribution in [2.24, 2.45) is 0 Å². The second-order valence-electron chi connectivity index (χ2n) is 3.13. The van der Waals surface area contributed by atoms with E-state index in [2.05, 4.69) is 0 Å². The highest BCUT2D eigenvalue weighted by molar-refractivity contribution is 7.89. The Hall–Kier alpha value is -1.42. The molecule has 1 atom stereocenters. The molecule has 74 valence electrons. The lowest BCUT2D eigenvalue weighted by Gasteiger charge is -2.06. The van der Waals surface area contributed by atoms with Gasteiger partial charge in [0.15, 0.2) is 0 Å². The van der Waals surface area contributed by atoms with Crippen molar-refractivity contribution in [3.05, 3.63) is 41.5 Å². The summed E-state index contributed by atoms with van der Waals surface area (Å²) in [4.78, 5) is 0. The number of anilines is 1. The zero-order valence-corrected chi connectivity index (χ0v) is 8.41. The lowest BCUT2D eigenvalue weighted by atomic mass is 10.2. The van der Waals surface area contributed by atoms with E-state index in [4.69, 9.17) is 5.73 Å². The maximum Gasteiger partial charge on any atom is 0.140 e. The number of rotatable bonds is 2. The molecule has 1 unspecified atom stereocenters. The van der Waals surface area contributed by atoms with E-state index in [1.807, 2.05) is 35.1 Å². The van der Waals surface area contributed by atoms with Crippen LogP contribution in [0, 0.1) is 11.6 Å². The van der Waals surface area contributed by atoms with Crippen LogP contribution in [-0.4, -0.2) is 15.0 Å². The fourth-order valence-electron chi connectivity index (χ4n) is 1.27. The molecule has 2 N–H and O–H groups in total. The number of nitrogen functional groups attached to an aromatic ring is 1. The topological polar surface area (TPSA) is 46.1 Å². The average molecular weight is 207 g/mol. The van der Waals surface area contributed by atoms with Crippen LogP contribution < -0.4 is 5.73 Å². The van der Waals surface area contributed by atoms with Gasteiger partial charge in [0, 0.05) is 11.3 Å². The molecule has 0 fully saturated rings. The van der Waals surface area contributed by atoms with Gasteiger partial charge in [0.1, 0.15) is 6.54 Å². The summed E-state index contributed by atoms with van der Waals surface area (Å²) in [6.07, 6.45) is 1.83. The van der Waals surface area contributed by atoms with Gasteiger partial charge in [-0.25, -0.2) is 0 Å². The third kappa shape index (κ3) is 2.09. The van der Waals surface area contributed by atoms with Gasteiger partial charge in [-0.05, 0) is 12.1 Å². The van der Waals surface area contributed by atoms with Crippen molar-refractivity contribution in [1.29, 1.82) is 0 Å². The molecule has 2 rings (SSSR count). The Morgan fingerprint density at radius 2 is 2.07 bits per heavy atom. The normalized spacial score (nSPS) is 19.7. The van der Waals surface area contributed by atoms with Crippen molar-refractivity contribution in [3.63, 3.8) is 0 Å². The number of nitrogens with zero attached hydrogens (tertiary/aromatic N) is 1. The second kappa shape index (κ2) is 3.75. The van der Waals surface area contributed by atoms with Crippen LogP contribution in [0.2, 0.25) is 0 Å². The molecule has 3 nitrogen and oxygen atoms in total. The predicted molar refractivity (Wildman–Crippen MR) is 57.6 cm³/mol. The summed E-state index contributed by atoms with van der Waals surface area (Å²) in [7, 11) is -0.935. The van der Waals surface area contributed by atoms with Crippen molar-refractivity contribution >= 4 is 22.7 Å². The highest BCUT2D eigenvalue weighted by atomic mass is 32.2. The van der Waals surface area contributed by atoms with Crippen molar-refractivity contribution < 1.29 is 8.78 Å². The number of benzene rings is 1. The molecule has 1 heterocycles. The fraction of sp³-hybridized carbons (Fsp3) is 0.100. The van der Waals surface area contributed by atoms with Crippen molar-refractivity contribution in [2.45, 2.75) is 6.54 Å². The molecule has 0 bridgehead atoms. The van der Waals surface area contributed by atoms with Crippen molar-refractivity contribution in [2.75, 3.05) is 5.73 Å². The van der Waals surface area contributed by atoms with E-state index < -0.39 is 10.8 Å². The van der Waals surface area contributed by atoms with E-state index >= 15 is 0 Å². The van der Waals surface area contributed by atoms with E-state index in [0.717, 1.165) is 17.8 Å². The zero-order chi connectivity index (χ0) is 9.97. The molecule has 1 aliphatic rings. The predicted octanol–water partition coefficient (Wildman–Crippen LogP) is 0.895. The van der Waals surface area contributed by atoms with Gasteiger partial charge in [-0.15, -0.1) is 17.0 Å². The third-order valence-corrected chi connectivity index (χ3v) is 2.84. The summed E-state index contributed by atoms with van der Waals surface area (Å²) in [5, 5.41) is 0. The lowest BCUT2D eigenvalue weighted by molar-refractivity contribution is -0.482. The molecular formula is C10H11N2OS-. The Balaban J connectivity index is 2.04. The van der Waals surface area contributed by atoms with Crippen LogP contribution in [0.25, 0.3) is 0 Å². The number of nitrogens with two attached hydrogens (primary N) is 1. The largest absolute Gasteiger partial charge is 0.399 e. The first-order valence-electron chi connectivity index (χ1n) is 4.27. The van der Waals surface area contributed by atoms with E-state index in [0.29, 0.717) is 0 Å². The van der Waals surface area contributed by atoms with Gasteiger partial charge >= 0.3 is 0 Å². The third-order valence-electron chi connectivity index (χ3n) is 1.97. The molecule has 0 saturated heterocycles. The van der Waals surface area contributed by atoms with E-state index in [1.54, 1.807) is 11.6 Å². The summed E-state index contributed by atoms with van der Waals surface area (Å²) in [6, 6.07) is 7.68. The molecular weight excluding hydrogens is 196 g/mol. The Morgan fingerprint density at radius 1 is 1.36 bits per heavy atom. The molecule has 0 aliphatic carbocycles. The minimum Gasteiger partial charge on any atom is -0.399 e. The average Bonchev–Trinajstić information content (AvgIpc) is 2.56. The van der Waals surface area contributed by atoms with Crippen LogP contribution in [0.3, 0.4) is 0 Å². The molecule has 0 saturated carbocycles. The monoisotopic (exact) mass is 207 g/mol. The Morgan fingerprint density at radius 3 is 2.64 bits per heavy atom. The van der Waals surface area contributed by atoms with Gasteiger partial charge in [0.2, 0.25) is 0 Å². The van der Waals surface area contributed by atoms with E-state index in [-0.39, 0.29) is 0 Å². The fourth-order valence-corrected chi connectivity index (χ4v) is 2.02. The van der Waals surface area contributed by atoms with Crippen LogP contribution in [0.4, 0.5) is 5.69 Å². The minimum atomic E-state index is -0.935. The van der Waals surface area contributed by atoms with Crippen molar-refractivity contribution in [3.8, 4) is 0 Å². The van der Waals surface area contributed by atoms with Gasteiger partial charge in [0.25, 0.3) is 0 Å². The van der Waals surface area contributed by atoms with Gasteiger partial charge in [0.05, 0.1) is 5.88 Å². The summed E-state index contributed by atoms with van der Waals surface area (Å²) < 4.78 is 12.9. The van der Waals surface area contributed by atoms with Gasteiger partial charge < -0.3 is 20.3 Å². The highest BCUT2D eigenvalue weighted by Gasteiger charge is 2.02. The summed E-state index contributed by atoms with van der Waals surface area (Å²) in [5.41, 5.74) is 7.49. The zero-order valence-electron chi connectivity index (χ0n) is 7.59. The van der Waals surface area contributed by atoms with Crippen LogP contribution >= 0.6 is 0 Å². The smallest absolute Gasteiger partial charge is 0.140 e. The molecule has 0 radical (unpaired) electrons. The van der Waals surface area contributed by atoms with Crippen LogP contribution in [0.1, 0.15) is 5.56 Å². The number of hydrogen-bond donors (Lipinski definition) is 1. The Labute approximate surface area is 85.7 Å². The quantitative estimate of drug-likeness (QED) is 0.445. The maximum absolute atomic E-state index is 11.0. The van der Waals surface area contributed by atoms with Gasteiger partial charge in [-0.1, -0.05) is 12.1 Å².